The van der Waals surface area contributed by atoms with Crippen molar-refractivity contribution in [3.63, 3.8) is 0 Å². The molecule has 4 nitrogen and oxygen atoms in total. The maximum absolute atomic E-state index is 11.1. The quantitative estimate of drug-likeness (QED) is 0.741. The largest absolute Gasteiger partial charge is 0.492 e. The molecule has 1 aromatic rings. The number of aliphatic carboxylic acids is 1. The second-order valence-electron chi connectivity index (χ2n) is 4.98. The van der Waals surface area contributed by atoms with Gasteiger partial charge in [0.05, 0.1) is 18.2 Å². The lowest BCUT2D eigenvalue weighted by molar-refractivity contribution is -0.140. The number of para-hydroxylation sites is 2. The van der Waals surface area contributed by atoms with Crippen molar-refractivity contribution in [3.8, 4) is 5.75 Å². The number of benzene rings is 1. The molecule has 0 spiro atoms. The highest BCUT2D eigenvalue weighted by Crippen LogP contribution is 2.29. The first-order valence-corrected chi connectivity index (χ1v) is 6.79. The topological polar surface area (TPSA) is 49.8 Å². The monoisotopic (exact) mass is 277 g/mol. The summed E-state index contributed by atoms with van der Waals surface area (Å²) < 4.78 is 5.62. The molecule has 1 unspecified atom stereocenters. The van der Waals surface area contributed by atoms with Crippen molar-refractivity contribution < 1.29 is 14.6 Å². The van der Waals surface area contributed by atoms with E-state index in [2.05, 4.69) is 6.58 Å². The Morgan fingerprint density at radius 3 is 2.65 bits per heavy atom. The van der Waals surface area contributed by atoms with Gasteiger partial charge in [-0.25, -0.2) is 0 Å². The van der Waals surface area contributed by atoms with Crippen LogP contribution in [-0.2, 0) is 4.79 Å². The summed E-state index contributed by atoms with van der Waals surface area (Å²) in [5.74, 6) is -0.483. The maximum atomic E-state index is 11.1. The minimum Gasteiger partial charge on any atom is -0.492 e. The van der Waals surface area contributed by atoms with Crippen molar-refractivity contribution in [1.82, 2.24) is 0 Å². The molecule has 0 fully saturated rings. The van der Waals surface area contributed by atoms with Gasteiger partial charge in [-0.1, -0.05) is 31.2 Å². The van der Waals surface area contributed by atoms with Crippen LogP contribution in [0.1, 0.15) is 20.8 Å². The molecule has 110 valence electrons. The predicted octanol–water partition coefficient (Wildman–Crippen LogP) is 3.19. The zero-order valence-corrected chi connectivity index (χ0v) is 12.4. The molecule has 1 aromatic carbocycles. The van der Waals surface area contributed by atoms with E-state index in [0.29, 0.717) is 19.7 Å². The highest BCUT2D eigenvalue weighted by atomic mass is 16.5. The molecule has 1 N–H and O–H groups in total. The van der Waals surface area contributed by atoms with Gasteiger partial charge < -0.3 is 14.7 Å². The minimum atomic E-state index is -0.800. The summed E-state index contributed by atoms with van der Waals surface area (Å²) in [6.45, 7) is 11.1. The standard InChI is InChI=1S/C16H23NO3/c1-5-20-15-9-7-6-8-14(15)17(10-12(2)3)11-13(4)16(18)19/h6-9,13H,2,5,10-11H2,1,3-4H3,(H,18,19). The van der Waals surface area contributed by atoms with Gasteiger partial charge in [0.15, 0.2) is 0 Å². The van der Waals surface area contributed by atoms with Crippen molar-refractivity contribution >= 4 is 11.7 Å². The lowest BCUT2D eigenvalue weighted by Gasteiger charge is -2.28. The van der Waals surface area contributed by atoms with Gasteiger partial charge >= 0.3 is 5.97 Å². The summed E-state index contributed by atoms with van der Waals surface area (Å²) >= 11 is 0. The molecule has 20 heavy (non-hydrogen) atoms. The first-order valence-electron chi connectivity index (χ1n) is 6.79. The van der Waals surface area contributed by atoms with Crippen LogP contribution in [0, 0.1) is 5.92 Å². The Morgan fingerprint density at radius 2 is 2.10 bits per heavy atom. The number of hydrogen-bond donors (Lipinski definition) is 1. The van der Waals surface area contributed by atoms with Gasteiger partial charge in [0.1, 0.15) is 5.75 Å². The fourth-order valence-corrected chi connectivity index (χ4v) is 1.98. The molecule has 0 bridgehead atoms. The number of anilines is 1. The van der Waals surface area contributed by atoms with E-state index >= 15 is 0 Å². The van der Waals surface area contributed by atoms with Crippen LogP contribution in [0.25, 0.3) is 0 Å². The van der Waals surface area contributed by atoms with Crippen molar-refractivity contribution in [1.29, 1.82) is 0 Å². The summed E-state index contributed by atoms with van der Waals surface area (Å²) in [7, 11) is 0. The average Bonchev–Trinajstić information content (AvgIpc) is 2.38. The zero-order chi connectivity index (χ0) is 15.1. The molecule has 0 aromatic heterocycles. The van der Waals surface area contributed by atoms with Crippen molar-refractivity contribution in [2.75, 3.05) is 24.6 Å². The molecule has 0 aliphatic heterocycles. The summed E-state index contributed by atoms with van der Waals surface area (Å²) in [5, 5.41) is 9.10. The number of nitrogens with zero attached hydrogens (tertiary/aromatic N) is 1. The van der Waals surface area contributed by atoms with Gasteiger partial charge in [-0.15, -0.1) is 0 Å². The smallest absolute Gasteiger partial charge is 0.308 e. The second kappa shape index (κ2) is 7.58. The molecule has 1 atom stereocenters. The Bertz CT molecular complexity index is 471. The number of carboxylic acid groups (broad SMARTS) is 1. The van der Waals surface area contributed by atoms with Crippen LogP contribution in [-0.4, -0.2) is 30.8 Å². The van der Waals surface area contributed by atoms with E-state index < -0.39 is 11.9 Å². The molecule has 1 rings (SSSR count). The molecular formula is C16H23NO3. The third-order valence-corrected chi connectivity index (χ3v) is 2.88. The second-order valence-corrected chi connectivity index (χ2v) is 4.98. The van der Waals surface area contributed by atoms with Crippen LogP contribution in [0.15, 0.2) is 36.4 Å². The van der Waals surface area contributed by atoms with Gasteiger partial charge in [0, 0.05) is 13.1 Å². The van der Waals surface area contributed by atoms with E-state index in [9.17, 15) is 4.79 Å². The Kier molecular flexibility index (Phi) is 6.10. The van der Waals surface area contributed by atoms with Crippen molar-refractivity contribution in [2.24, 2.45) is 5.92 Å². The summed E-state index contributed by atoms with van der Waals surface area (Å²) in [5.41, 5.74) is 1.89. The normalized spacial score (nSPS) is 11.8. The van der Waals surface area contributed by atoms with E-state index in [0.717, 1.165) is 17.0 Å². The maximum Gasteiger partial charge on any atom is 0.308 e. The van der Waals surface area contributed by atoms with Crippen LogP contribution in [0.3, 0.4) is 0 Å². The molecule has 0 saturated heterocycles. The lowest BCUT2D eigenvalue weighted by Crippen LogP contribution is -2.33. The SMILES string of the molecule is C=C(C)CN(CC(C)C(=O)O)c1ccccc1OCC. The lowest BCUT2D eigenvalue weighted by atomic mass is 10.1. The summed E-state index contributed by atoms with van der Waals surface area (Å²) in [4.78, 5) is 13.1. The molecule has 4 heteroatoms. The number of carboxylic acids is 1. The van der Waals surface area contributed by atoms with E-state index in [-0.39, 0.29) is 0 Å². The minimum absolute atomic E-state index is 0.423. The van der Waals surface area contributed by atoms with Crippen LogP contribution in [0.5, 0.6) is 5.75 Å². The van der Waals surface area contributed by atoms with E-state index in [4.69, 9.17) is 9.84 Å². The molecule has 0 heterocycles. The third-order valence-electron chi connectivity index (χ3n) is 2.88. The van der Waals surface area contributed by atoms with E-state index in [1.165, 1.54) is 0 Å². The Hall–Kier alpha value is -1.97. The Balaban J connectivity index is 3.03. The molecular weight excluding hydrogens is 254 g/mol. The van der Waals surface area contributed by atoms with E-state index in [1.807, 2.05) is 43.0 Å². The zero-order valence-electron chi connectivity index (χ0n) is 12.4. The van der Waals surface area contributed by atoms with Gasteiger partial charge in [0.25, 0.3) is 0 Å². The van der Waals surface area contributed by atoms with Gasteiger partial charge in [-0.3, -0.25) is 4.79 Å². The number of ether oxygens (including phenoxy) is 1. The molecule has 0 aliphatic carbocycles. The van der Waals surface area contributed by atoms with Crippen LogP contribution >= 0.6 is 0 Å². The molecule has 0 saturated carbocycles. The Morgan fingerprint density at radius 1 is 1.45 bits per heavy atom. The Labute approximate surface area is 120 Å². The third kappa shape index (κ3) is 4.61. The van der Waals surface area contributed by atoms with E-state index in [1.54, 1.807) is 6.92 Å². The molecule has 0 aliphatic rings. The number of hydrogen-bond acceptors (Lipinski definition) is 3. The van der Waals surface area contributed by atoms with Gasteiger partial charge in [0.2, 0.25) is 0 Å². The highest BCUT2D eigenvalue weighted by molar-refractivity contribution is 5.71. The highest BCUT2D eigenvalue weighted by Gasteiger charge is 2.19. The summed E-state index contributed by atoms with van der Waals surface area (Å²) in [6.07, 6.45) is 0. The van der Waals surface area contributed by atoms with Gasteiger partial charge in [-0.05, 0) is 26.0 Å². The number of rotatable bonds is 8. The predicted molar refractivity (Wildman–Crippen MR) is 81.4 cm³/mol. The van der Waals surface area contributed by atoms with Crippen LogP contribution < -0.4 is 9.64 Å². The average molecular weight is 277 g/mol. The van der Waals surface area contributed by atoms with Crippen molar-refractivity contribution in [3.05, 3.63) is 36.4 Å². The molecule has 0 radical (unpaired) electrons. The summed E-state index contributed by atoms with van der Waals surface area (Å²) in [6, 6.07) is 7.68. The fourth-order valence-electron chi connectivity index (χ4n) is 1.98. The van der Waals surface area contributed by atoms with Crippen LogP contribution in [0.4, 0.5) is 5.69 Å². The van der Waals surface area contributed by atoms with Crippen molar-refractivity contribution in [2.45, 2.75) is 20.8 Å². The first kappa shape index (κ1) is 16.1. The molecule has 0 amide bonds. The fraction of sp³-hybridized carbons (Fsp3) is 0.438. The van der Waals surface area contributed by atoms with Gasteiger partial charge in [-0.2, -0.15) is 0 Å². The van der Waals surface area contributed by atoms with Crippen LogP contribution in [0.2, 0.25) is 0 Å². The number of carbonyl (C=O) groups is 1. The first-order chi connectivity index (χ1) is 9.45.